The third-order valence-electron chi connectivity index (χ3n) is 4.19. The van der Waals surface area contributed by atoms with Gasteiger partial charge in [-0.2, -0.15) is 0 Å². The highest BCUT2D eigenvalue weighted by Gasteiger charge is 2.19. The van der Waals surface area contributed by atoms with Crippen molar-refractivity contribution >= 4 is 38.6 Å². The quantitative estimate of drug-likeness (QED) is 0.392. The van der Waals surface area contributed by atoms with Crippen molar-refractivity contribution in [2.45, 2.75) is 10.8 Å². The number of thiophene rings is 1. The summed E-state index contributed by atoms with van der Waals surface area (Å²) in [6.45, 7) is 0.175. The van der Waals surface area contributed by atoms with E-state index in [2.05, 4.69) is 10.0 Å². The first-order valence-electron chi connectivity index (χ1n) is 9.24. The van der Waals surface area contributed by atoms with E-state index in [4.69, 9.17) is 9.15 Å². The van der Waals surface area contributed by atoms with Crippen molar-refractivity contribution < 1.29 is 22.4 Å². The number of hydrogen-bond donors (Lipinski definition) is 2. The molecule has 0 bridgehead atoms. The van der Waals surface area contributed by atoms with Crippen molar-refractivity contribution in [3.63, 3.8) is 0 Å². The van der Waals surface area contributed by atoms with Gasteiger partial charge in [0.25, 0.3) is 15.9 Å². The summed E-state index contributed by atoms with van der Waals surface area (Å²) < 4.78 is 38.9. The van der Waals surface area contributed by atoms with Crippen molar-refractivity contribution in [3.05, 3.63) is 95.8 Å². The Labute approximate surface area is 183 Å². The molecule has 2 heterocycles. The van der Waals surface area contributed by atoms with E-state index in [9.17, 15) is 13.2 Å². The maximum Gasteiger partial charge on any atom is 0.291 e. The number of furan rings is 1. The Morgan fingerprint density at radius 1 is 0.903 bits per heavy atom. The van der Waals surface area contributed by atoms with E-state index in [-0.39, 0.29) is 22.3 Å². The Morgan fingerprint density at radius 2 is 1.65 bits per heavy atom. The molecule has 1 amide bonds. The maximum atomic E-state index is 12.6. The van der Waals surface area contributed by atoms with Gasteiger partial charge in [0.05, 0.1) is 11.4 Å². The Bertz CT molecular complexity index is 1270. The molecule has 7 nitrogen and oxygen atoms in total. The predicted molar refractivity (Wildman–Crippen MR) is 119 cm³/mol. The smallest absolute Gasteiger partial charge is 0.291 e. The van der Waals surface area contributed by atoms with Gasteiger partial charge in [-0.25, -0.2) is 8.42 Å². The molecule has 0 saturated heterocycles. The summed E-state index contributed by atoms with van der Waals surface area (Å²) in [5, 5.41) is 4.36. The van der Waals surface area contributed by atoms with Crippen LogP contribution in [0.2, 0.25) is 0 Å². The first-order valence-corrected chi connectivity index (χ1v) is 11.6. The Morgan fingerprint density at radius 3 is 2.39 bits per heavy atom. The van der Waals surface area contributed by atoms with E-state index in [0.717, 1.165) is 11.3 Å². The minimum absolute atomic E-state index is 0.0857. The number of hydrogen-bond acceptors (Lipinski definition) is 6. The van der Waals surface area contributed by atoms with Gasteiger partial charge in [-0.3, -0.25) is 9.52 Å². The highest BCUT2D eigenvalue weighted by Crippen LogP contribution is 2.26. The molecule has 158 valence electrons. The first kappa shape index (κ1) is 20.7. The van der Waals surface area contributed by atoms with E-state index >= 15 is 0 Å². The van der Waals surface area contributed by atoms with Gasteiger partial charge in [0.2, 0.25) is 0 Å². The van der Waals surface area contributed by atoms with Crippen LogP contribution in [0.3, 0.4) is 0 Å². The molecule has 0 aliphatic carbocycles. The van der Waals surface area contributed by atoms with E-state index in [0.29, 0.717) is 17.2 Å². The number of para-hydroxylation sites is 3. The minimum Gasteiger partial charge on any atom is -0.486 e. The number of nitrogens with one attached hydrogen (secondary N) is 2. The lowest BCUT2D eigenvalue weighted by Crippen LogP contribution is -2.16. The Balaban J connectivity index is 1.44. The van der Waals surface area contributed by atoms with Gasteiger partial charge in [-0.05, 0) is 47.8 Å². The van der Waals surface area contributed by atoms with Gasteiger partial charge >= 0.3 is 0 Å². The van der Waals surface area contributed by atoms with Crippen LogP contribution in [-0.2, 0) is 16.6 Å². The number of carbonyl (C=O) groups excluding carboxylic acids is 1. The number of benzene rings is 2. The molecule has 2 aromatic carbocycles. The van der Waals surface area contributed by atoms with Crippen LogP contribution in [0.25, 0.3) is 0 Å². The SMILES string of the molecule is O=C(Nc1ccccc1NS(=O)(=O)c1cccs1)c1ccc(COc2ccccc2)o1. The van der Waals surface area contributed by atoms with Crippen LogP contribution < -0.4 is 14.8 Å². The fraction of sp³-hybridized carbons (Fsp3) is 0.0455. The molecule has 0 unspecified atom stereocenters. The van der Waals surface area contributed by atoms with E-state index in [1.54, 1.807) is 41.8 Å². The second-order valence-corrected chi connectivity index (χ2v) is 9.26. The number of rotatable bonds is 8. The maximum absolute atomic E-state index is 12.6. The van der Waals surface area contributed by atoms with Crippen molar-refractivity contribution in [2.24, 2.45) is 0 Å². The lowest BCUT2D eigenvalue weighted by atomic mass is 10.2. The third kappa shape index (κ3) is 5.14. The second kappa shape index (κ2) is 9.07. The molecular formula is C22H18N2O5S2. The molecule has 0 atom stereocenters. The summed E-state index contributed by atoms with van der Waals surface area (Å²) in [4.78, 5) is 12.6. The first-order chi connectivity index (χ1) is 15.0. The normalized spacial score (nSPS) is 11.1. The molecule has 0 spiro atoms. The Kier molecular flexibility index (Phi) is 6.06. The average molecular weight is 455 g/mol. The summed E-state index contributed by atoms with van der Waals surface area (Å²) in [7, 11) is -3.75. The van der Waals surface area contributed by atoms with Gasteiger partial charge in [0.15, 0.2) is 5.76 Å². The van der Waals surface area contributed by atoms with Gasteiger partial charge in [-0.1, -0.05) is 36.4 Å². The van der Waals surface area contributed by atoms with Crippen molar-refractivity contribution in [3.8, 4) is 5.75 Å². The second-order valence-electron chi connectivity index (χ2n) is 6.40. The van der Waals surface area contributed by atoms with E-state index < -0.39 is 15.9 Å². The van der Waals surface area contributed by atoms with Gasteiger partial charge < -0.3 is 14.5 Å². The van der Waals surface area contributed by atoms with Crippen LogP contribution in [0.15, 0.2) is 92.9 Å². The predicted octanol–water partition coefficient (Wildman–Crippen LogP) is 4.97. The van der Waals surface area contributed by atoms with Crippen molar-refractivity contribution in [1.29, 1.82) is 0 Å². The molecule has 0 radical (unpaired) electrons. The van der Waals surface area contributed by atoms with Crippen LogP contribution >= 0.6 is 11.3 Å². The molecule has 2 N–H and O–H groups in total. The summed E-state index contributed by atoms with van der Waals surface area (Å²) in [5.74, 6) is 0.758. The fourth-order valence-electron chi connectivity index (χ4n) is 2.73. The number of anilines is 2. The standard InChI is InChI=1S/C22H18N2O5S2/c25-22(20-13-12-17(29-20)15-28-16-7-2-1-3-8-16)23-18-9-4-5-10-19(18)24-31(26,27)21-11-6-14-30-21/h1-14,24H,15H2,(H,23,25). The van der Waals surface area contributed by atoms with Gasteiger partial charge in [0.1, 0.15) is 22.3 Å². The van der Waals surface area contributed by atoms with Crippen LogP contribution in [0.1, 0.15) is 16.3 Å². The molecule has 0 aliphatic heterocycles. The lowest BCUT2D eigenvalue weighted by Gasteiger charge is -2.12. The van der Waals surface area contributed by atoms with Crippen LogP contribution in [0, 0.1) is 0 Å². The monoisotopic (exact) mass is 454 g/mol. The van der Waals surface area contributed by atoms with E-state index in [1.165, 1.54) is 12.1 Å². The number of sulfonamides is 1. The van der Waals surface area contributed by atoms with E-state index in [1.807, 2.05) is 30.3 Å². The summed E-state index contributed by atoms with van der Waals surface area (Å²) in [6, 6.07) is 22.2. The molecular weight excluding hydrogens is 436 g/mol. The zero-order valence-corrected chi connectivity index (χ0v) is 17.8. The molecule has 31 heavy (non-hydrogen) atoms. The molecule has 2 aromatic heterocycles. The number of amides is 1. The molecule has 9 heteroatoms. The van der Waals surface area contributed by atoms with Gasteiger partial charge in [-0.15, -0.1) is 11.3 Å². The van der Waals surface area contributed by atoms with Crippen LogP contribution in [0.4, 0.5) is 11.4 Å². The summed E-state index contributed by atoms with van der Waals surface area (Å²) >= 11 is 1.11. The average Bonchev–Trinajstić information content (AvgIpc) is 3.47. The lowest BCUT2D eigenvalue weighted by molar-refractivity contribution is 0.0992. The molecule has 0 fully saturated rings. The largest absolute Gasteiger partial charge is 0.486 e. The number of ether oxygens (including phenoxy) is 1. The fourth-order valence-corrected chi connectivity index (χ4v) is 4.80. The minimum atomic E-state index is -3.75. The highest BCUT2D eigenvalue weighted by atomic mass is 32.2. The number of carbonyl (C=O) groups is 1. The van der Waals surface area contributed by atoms with Crippen LogP contribution in [-0.4, -0.2) is 14.3 Å². The van der Waals surface area contributed by atoms with Crippen LogP contribution in [0.5, 0.6) is 5.75 Å². The Hall–Kier alpha value is -3.56. The molecule has 0 aliphatic rings. The summed E-state index contributed by atoms with van der Waals surface area (Å²) in [5.41, 5.74) is 0.564. The van der Waals surface area contributed by atoms with Crippen molar-refractivity contribution in [1.82, 2.24) is 0 Å². The zero-order chi connectivity index (χ0) is 21.7. The van der Waals surface area contributed by atoms with Gasteiger partial charge in [0, 0.05) is 0 Å². The zero-order valence-electron chi connectivity index (χ0n) is 16.1. The molecule has 4 rings (SSSR count). The van der Waals surface area contributed by atoms with Crippen molar-refractivity contribution in [2.75, 3.05) is 10.0 Å². The summed E-state index contributed by atoms with van der Waals surface area (Å²) in [6.07, 6.45) is 0. The highest BCUT2D eigenvalue weighted by molar-refractivity contribution is 7.94. The molecule has 4 aromatic rings. The molecule has 0 saturated carbocycles. The topological polar surface area (TPSA) is 97.6 Å². The third-order valence-corrected chi connectivity index (χ3v) is 6.95.